The van der Waals surface area contributed by atoms with Crippen LogP contribution < -0.4 is 10.5 Å². The van der Waals surface area contributed by atoms with Crippen molar-refractivity contribution in [3.63, 3.8) is 0 Å². The van der Waals surface area contributed by atoms with Gasteiger partial charge in [-0.15, -0.1) is 48.6 Å². The third-order valence-electron chi connectivity index (χ3n) is 6.87. The Hall–Kier alpha value is -2.01. The normalized spacial score (nSPS) is 16.2. The molecule has 3 aromatic heterocycles. The lowest BCUT2D eigenvalue weighted by atomic mass is 10.1. The average Bonchev–Trinajstić information content (AvgIpc) is 3.22. The van der Waals surface area contributed by atoms with Crippen LogP contribution in [-0.2, 0) is 19.5 Å². The largest absolute Gasteiger partial charge is 0.353 e. The standard InChI is InChI=1S/C24H27N7OS.3ClH/c1-28-7-6-18-20(14-28)33-23-21(18)24(32)31(16-27-23)13-10-29-8-11-30(12-9-29)22-17-4-2-3-5-19(17)25-15-26-22;;;/h2-5,15-16H,6-14H2,1H3;3*1H. The van der Waals surface area contributed by atoms with Crippen LogP contribution in [-0.4, -0.2) is 75.6 Å². The van der Waals surface area contributed by atoms with E-state index >= 15 is 0 Å². The molecule has 1 fully saturated rings. The number of halogens is 3. The number of aromatic nitrogens is 4. The maximum absolute atomic E-state index is 13.3. The number of fused-ring (bicyclic) bond motifs is 4. The van der Waals surface area contributed by atoms with Gasteiger partial charge < -0.3 is 9.80 Å². The second-order valence-corrected chi connectivity index (χ2v) is 10.0. The molecule has 0 bridgehead atoms. The summed E-state index contributed by atoms with van der Waals surface area (Å²) >= 11 is 1.68. The van der Waals surface area contributed by atoms with Gasteiger partial charge in [-0.05, 0) is 31.2 Å². The van der Waals surface area contributed by atoms with Gasteiger partial charge in [0.1, 0.15) is 17.0 Å². The van der Waals surface area contributed by atoms with Gasteiger partial charge in [0.2, 0.25) is 0 Å². The highest BCUT2D eigenvalue weighted by Crippen LogP contribution is 2.31. The SMILES string of the molecule is CN1CCc2c(sc3ncn(CCN4CCN(c5ncnc6ccccc56)CC4)c(=O)c23)C1.Cl.Cl.Cl. The highest BCUT2D eigenvalue weighted by Gasteiger charge is 2.23. The average molecular weight is 571 g/mol. The van der Waals surface area contributed by atoms with Crippen molar-refractivity contribution in [2.24, 2.45) is 0 Å². The molecular formula is C24H30Cl3N7OS. The minimum atomic E-state index is 0. The maximum atomic E-state index is 13.3. The Morgan fingerprint density at radius 2 is 1.72 bits per heavy atom. The number of hydrogen-bond donors (Lipinski definition) is 0. The van der Waals surface area contributed by atoms with Crippen molar-refractivity contribution in [1.29, 1.82) is 0 Å². The molecule has 0 aliphatic carbocycles. The van der Waals surface area contributed by atoms with E-state index in [2.05, 4.69) is 42.8 Å². The Kier molecular flexibility index (Phi) is 9.54. The topological polar surface area (TPSA) is 70.4 Å². The summed E-state index contributed by atoms with van der Waals surface area (Å²) in [5.74, 6) is 1.01. The number of nitrogens with zero attached hydrogens (tertiary/aromatic N) is 7. The summed E-state index contributed by atoms with van der Waals surface area (Å²) in [6, 6.07) is 8.17. The van der Waals surface area contributed by atoms with E-state index in [1.807, 2.05) is 18.2 Å². The maximum Gasteiger partial charge on any atom is 0.262 e. The number of hydrogen-bond acceptors (Lipinski definition) is 8. The van der Waals surface area contributed by atoms with E-state index < -0.39 is 0 Å². The molecule has 5 heterocycles. The van der Waals surface area contributed by atoms with Crippen molar-refractivity contribution in [2.45, 2.75) is 19.5 Å². The smallest absolute Gasteiger partial charge is 0.262 e. The summed E-state index contributed by atoms with van der Waals surface area (Å²) in [7, 11) is 2.13. The molecule has 0 amide bonds. The number of rotatable bonds is 4. The predicted molar refractivity (Wildman–Crippen MR) is 154 cm³/mol. The fourth-order valence-electron chi connectivity index (χ4n) is 4.98. The summed E-state index contributed by atoms with van der Waals surface area (Å²) < 4.78 is 1.80. The molecule has 4 aromatic rings. The van der Waals surface area contributed by atoms with Crippen molar-refractivity contribution in [3.05, 3.63) is 57.7 Å². The Labute approximate surface area is 232 Å². The van der Waals surface area contributed by atoms with E-state index in [1.165, 1.54) is 10.4 Å². The van der Waals surface area contributed by atoms with Crippen molar-refractivity contribution >= 4 is 75.5 Å². The minimum absolute atomic E-state index is 0. The fraction of sp³-hybridized carbons (Fsp3) is 0.417. The van der Waals surface area contributed by atoms with Crippen LogP contribution in [0.5, 0.6) is 0 Å². The molecule has 12 heteroatoms. The molecule has 2 aliphatic rings. The van der Waals surface area contributed by atoms with Gasteiger partial charge in [0.15, 0.2) is 0 Å². The summed E-state index contributed by atoms with van der Waals surface area (Å²) in [6.07, 6.45) is 4.33. The zero-order valence-corrected chi connectivity index (χ0v) is 23.3. The van der Waals surface area contributed by atoms with E-state index in [0.717, 1.165) is 79.2 Å². The quantitative estimate of drug-likeness (QED) is 0.372. The predicted octanol–water partition coefficient (Wildman–Crippen LogP) is 3.48. The Morgan fingerprint density at radius 1 is 0.944 bits per heavy atom. The molecule has 1 saturated heterocycles. The molecule has 0 saturated carbocycles. The lowest BCUT2D eigenvalue weighted by Gasteiger charge is -2.35. The fourth-order valence-corrected chi connectivity index (χ4v) is 6.24. The Bertz CT molecular complexity index is 1380. The number of likely N-dealkylation sites (N-methyl/N-ethyl adjacent to an activating group) is 1. The second-order valence-electron chi connectivity index (χ2n) is 8.96. The lowest BCUT2D eigenvalue weighted by Crippen LogP contribution is -2.48. The molecule has 1 aromatic carbocycles. The monoisotopic (exact) mass is 569 g/mol. The molecule has 2 aliphatic heterocycles. The Balaban J connectivity index is 0.00000120. The third kappa shape index (κ3) is 5.32. The van der Waals surface area contributed by atoms with E-state index in [9.17, 15) is 4.79 Å². The molecule has 6 rings (SSSR count). The molecule has 194 valence electrons. The molecule has 0 N–H and O–H groups in total. The number of piperazine rings is 1. The number of para-hydroxylation sites is 1. The number of benzene rings is 1. The molecule has 0 atom stereocenters. The highest BCUT2D eigenvalue weighted by molar-refractivity contribution is 7.18. The Morgan fingerprint density at radius 3 is 2.53 bits per heavy atom. The van der Waals surface area contributed by atoms with Crippen molar-refractivity contribution in [1.82, 2.24) is 29.3 Å². The molecule has 8 nitrogen and oxygen atoms in total. The van der Waals surface area contributed by atoms with Crippen molar-refractivity contribution < 1.29 is 0 Å². The van der Waals surface area contributed by atoms with Gasteiger partial charge in [-0.2, -0.15) is 0 Å². The van der Waals surface area contributed by atoms with Crippen LogP contribution in [0.15, 0.2) is 41.7 Å². The molecule has 0 spiro atoms. The first-order valence-electron chi connectivity index (χ1n) is 11.5. The number of anilines is 1. The van der Waals surface area contributed by atoms with E-state index in [0.29, 0.717) is 6.54 Å². The van der Waals surface area contributed by atoms with Gasteiger partial charge in [0, 0.05) is 62.6 Å². The third-order valence-corrected chi connectivity index (χ3v) is 7.99. The first kappa shape index (κ1) is 28.6. The zero-order chi connectivity index (χ0) is 22.4. The van der Waals surface area contributed by atoms with Crippen molar-refractivity contribution in [2.75, 3.05) is 51.2 Å². The van der Waals surface area contributed by atoms with Crippen LogP contribution in [0.3, 0.4) is 0 Å². The van der Waals surface area contributed by atoms with Crippen molar-refractivity contribution in [3.8, 4) is 0 Å². The lowest BCUT2D eigenvalue weighted by molar-refractivity contribution is 0.246. The summed E-state index contributed by atoms with van der Waals surface area (Å²) in [6.45, 7) is 7.16. The second kappa shape index (κ2) is 12.0. The zero-order valence-electron chi connectivity index (χ0n) is 20.0. The first-order chi connectivity index (χ1) is 16.2. The summed E-state index contributed by atoms with van der Waals surface area (Å²) in [4.78, 5) is 36.1. The minimum Gasteiger partial charge on any atom is -0.353 e. The highest BCUT2D eigenvalue weighted by atomic mass is 35.5. The summed E-state index contributed by atoms with van der Waals surface area (Å²) in [5.41, 5.74) is 2.33. The van der Waals surface area contributed by atoms with Crippen LogP contribution in [0.2, 0.25) is 0 Å². The van der Waals surface area contributed by atoms with Gasteiger partial charge in [-0.25, -0.2) is 15.0 Å². The van der Waals surface area contributed by atoms with E-state index in [1.54, 1.807) is 28.6 Å². The van der Waals surface area contributed by atoms with Crippen LogP contribution in [0.1, 0.15) is 10.4 Å². The molecule has 0 unspecified atom stereocenters. The van der Waals surface area contributed by atoms with Gasteiger partial charge in [-0.1, -0.05) is 12.1 Å². The summed E-state index contributed by atoms with van der Waals surface area (Å²) in [5, 5.41) is 1.95. The molecule has 0 radical (unpaired) electrons. The van der Waals surface area contributed by atoms with Gasteiger partial charge in [0.25, 0.3) is 5.56 Å². The van der Waals surface area contributed by atoms with Crippen LogP contribution in [0.4, 0.5) is 5.82 Å². The van der Waals surface area contributed by atoms with E-state index in [-0.39, 0.29) is 42.8 Å². The van der Waals surface area contributed by atoms with E-state index in [4.69, 9.17) is 0 Å². The van der Waals surface area contributed by atoms with Crippen LogP contribution in [0.25, 0.3) is 21.1 Å². The van der Waals surface area contributed by atoms with Gasteiger partial charge in [-0.3, -0.25) is 14.3 Å². The number of thiophene rings is 1. The molecule has 36 heavy (non-hydrogen) atoms. The molecular weight excluding hydrogens is 541 g/mol. The van der Waals surface area contributed by atoms with Gasteiger partial charge in [0.05, 0.1) is 17.2 Å². The van der Waals surface area contributed by atoms with Crippen LogP contribution in [0, 0.1) is 0 Å². The first-order valence-corrected chi connectivity index (χ1v) is 12.3. The van der Waals surface area contributed by atoms with Gasteiger partial charge >= 0.3 is 0 Å². The van der Waals surface area contributed by atoms with Crippen LogP contribution >= 0.6 is 48.6 Å².